The van der Waals surface area contributed by atoms with Gasteiger partial charge in [-0.05, 0) is 42.4 Å². The Balaban J connectivity index is 1.96. The lowest BCUT2D eigenvalue weighted by Crippen LogP contribution is -2.17. The fourth-order valence-electron chi connectivity index (χ4n) is 1.86. The van der Waals surface area contributed by atoms with Crippen LogP contribution in [0.5, 0.6) is 0 Å². The summed E-state index contributed by atoms with van der Waals surface area (Å²) in [5.74, 6) is 0.325. The molecule has 0 unspecified atom stereocenters. The zero-order valence-corrected chi connectivity index (χ0v) is 10.3. The zero-order valence-electron chi connectivity index (χ0n) is 10.3. The van der Waals surface area contributed by atoms with E-state index in [0.717, 1.165) is 24.2 Å². The lowest BCUT2D eigenvalue weighted by Gasteiger charge is -2.16. The molecular formula is C14H16FN3. The predicted octanol–water partition coefficient (Wildman–Crippen LogP) is 2.43. The molecule has 0 spiro atoms. The summed E-state index contributed by atoms with van der Waals surface area (Å²) in [6.45, 7) is 1.55. The maximum Gasteiger partial charge on any atom is 0.123 e. The minimum Gasteiger partial charge on any atom is -0.384 e. The molecule has 1 heterocycles. The third-order valence-corrected chi connectivity index (χ3v) is 2.66. The van der Waals surface area contributed by atoms with E-state index in [9.17, 15) is 4.39 Å². The first-order valence-corrected chi connectivity index (χ1v) is 5.77. The van der Waals surface area contributed by atoms with E-state index < -0.39 is 0 Å². The summed E-state index contributed by atoms with van der Waals surface area (Å²) in [5.41, 5.74) is 7.83. The Morgan fingerprint density at radius 2 is 1.78 bits per heavy atom. The highest BCUT2D eigenvalue weighted by atomic mass is 19.1. The molecule has 1 aromatic heterocycles. The van der Waals surface area contributed by atoms with Crippen LogP contribution in [0.15, 0.2) is 42.6 Å². The fraction of sp³-hybridized carbons (Fsp3) is 0.214. The number of nitrogens with zero attached hydrogens (tertiary/aromatic N) is 2. The second-order valence-electron chi connectivity index (χ2n) is 4.39. The summed E-state index contributed by atoms with van der Waals surface area (Å²) in [6, 6.07) is 10.4. The summed E-state index contributed by atoms with van der Waals surface area (Å²) in [6.07, 6.45) is 1.70. The number of aromatic nitrogens is 1. The summed E-state index contributed by atoms with van der Waals surface area (Å²) in [5, 5.41) is 0. The van der Waals surface area contributed by atoms with Crippen molar-refractivity contribution in [2.24, 2.45) is 0 Å². The van der Waals surface area contributed by atoms with Gasteiger partial charge in [0.25, 0.3) is 0 Å². The van der Waals surface area contributed by atoms with Crippen LogP contribution in [0.3, 0.4) is 0 Å². The Bertz CT molecular complexity index is 511. The third-order valence-electron chi connectivity index (χ3n) is 2.66. The Morgan fingerprint density at radius 1 is 1.11 bits per heavy atom. The summed E-state index contributed by atoms with van der Waals surface area (Å²) in [4.78, 5) is 6.10. The molecule has 4 heteroatoms. The molecule has 0 saturated heterocycles. The van der Waals surface area contributed by atoms with Crippen LogP contribution in [0.4, 0.5) is 10.2 Å². The molecule has 0 bridgehead atoms. The van der Waals surface area contributed by atoms with Gasteiger partial charge < -0.3 is 5.73 Å². The van der Waals surface area contributed by atoms with Crippen LogP contribution >= 0.6 is 0 Å². The molecule has 18 heavy (non-hydrogen) atoms. The van der Waals surface area contributed by atoms with E-state index in [1.54, 1.807) is 18.3 Å². The average Bonchev–Trinajstić information content (AvgIpc) is 2.32. The second kappa shape index (κ2) is 5.60. The Hall–Kier alpha value is -1.94. The SMILES string of the molecule is CN(Cc1ccc(F)cc1)Cc1ccnc(N)c1. The van der Waals surface area contributed by atoms with E-state index in [0.29, 0.717) is 5.82 Å². The molecule has 2 N–H and O–H groups in total. The van der Waals surface area contributed by atoms with E-state index in [2.05, 4.69) is 9.88 Å². The average molecular weight is 245 g/mol. The number of benzene rings is 1. The first-order chi connectivity index (χ1) is 8.63. The lowest BCUT2D eigenvalue weighted by molar-refractivity contribution is 0.319. The van der Waals surface area contributed by atoms with E-state index >= 15 is 0 Å². The van der Waals surface area contributed by atoms with Gasteiger partial charge in [-0.25, -0.2) is 9.37 Å². The Morgan fingerprint density at radius 3 is 2.44 bits per heavy atom. The van der Waals surface area contributed by atoms with Gasteiger partial charge in [-0.15, -0.1) is 0 Å². The number of rotatable bonds is 4. The van der Waals surface area contributed by atoms with Crippen LogP contribution < -0.4 is 5.73 Å². The maximum absolute atomic E-state index is 12.8. The highest BCUT2D eigenvalue weighted by Gasteiger charge is 2.02. The van der Waals surface area contributed by atoms with Gasteiger partial charge in [0.05, 0.1) is 0 Å². The maximum atomic E-state index is 12.8. The Labute approximate surface area is 106 Å². The zero-order chi connectivity index (χ0) is 13.0. The standard InChI is InChI=1S/C14H16FN3/c1-18(9-11-2-4-13(15)5-3-11)10-12-6-7-17-14(16)8-12/h2-8H,9-10H2,1H3,(H2,16,17). The van der Waals surface area contributed by atoms with Crippen molar-refractivity contribution in [3.05, 3.63) is 59.5 Å². The largest absolute Gasteiger partial charge is 0.384 e. The van der Waals surface area contributed by atoms with E-state index in [-0.39, 0.29) is 5.82 Å². The molecule has 0 radical (unpaired) electrons. The normalized spacial score (nSPS) is 10.8. The molecule has 2 aromatic rings. The molecule has 0 aliphatic heterocycles. The van der Waals surface area contributed by atoms with Crippen LogP contribution in [-0.4, -0.2) is 16.9 Å². The predicted molar refractivity (Wildman–Crippen MR) is 70.2 cm³/mol. The number of hydrogen-bond acceptors (Lipinski definition) is 3. The molecular weight excluding hydrogens is 229 g/mol. The summed E-state index contributed by atoms with van der Waals surface area (Å²) >= 11 is 0. The van der Waals surface area contributed by atoms with Crippen molar-refractivity contribution >= 4 is 5.82 Å². The van der Waals surface area contributed by atoms with Gasteiger partial charge in [0, 0.05) is 19.3 Å². The van der Waals surface area contributed by atoms with Crippen molar-refractivity contribution < 1.29 is 4.39 Å². The minimum absolute atomic E-state index is 0.205. The van der Waals surface area contributed by atoms with Crippen LogP contribution in [0.1, 0.15) is 11.1 Å². The quantitative estimate of drug-likeness (QED) is 0.899. The van der Waals surface area contributed by atoms with Crippen molar-refractivity contribution in [1.29, 1.82) is 0 Å². The van der Waals surface area contributed by atoms with Gasteiger partial charge in [-0.3, -0.25) is 4.90 Å². The van der Waals surface area contributed by atoms with Crippen LogP contribution in [0.25, 0.3) is 0 Å². The monoisotopic (exact) mass is 245 g/mol. The van der Waals surface area contributed by atoms with E-state index in [4.69, 9.17) is 5.73 Å². The summed E-state index contributed by atoms with van der Waals surface area (Å²) < 4.78 is 12.8. The van der Waals surface area contributed by atoms with E-state index in [1.165, 1.54) is 12.1 Å². The van der Waals surface area contributed by atoms with Gasteiger partial charge in [0.2, 0.25) is 0 Å². The van der Waals surface area contributed by atoms with Crippen molar-refractivity contribution in [3.8, 4) is 0 Å². The lowest BCUT2D eigenvalue weighted by atomic mass is 10.2. The van der Waals surface area contributed by atoms with Crippen molar-refractivity contribution in [1.82, 2.24) is 9.88 Å². The number of anilines is 1. The van der Waals surface area contributed by atoms with Crippen LogP contribution in [0, 0.1) is 5.82 Å². The van der Waals surface area contributed by atoms with Crippen LogP contribution in [-0.2, 0) is 13.1 Å². The first-order valence-electron chi connectivity index (χ1n) is 5.77. The number of pyridine rings is 1. The fourth-order valence-corrected chi connectivity index (χ4v) is 1.86. The third kappa shape index (κ3) is 3.53. The smallest absolute Gasteiger partial charge is 0.123 e. The molecule has 2 rings (SSSR count). The molecule has 0 aliphatic rings. The first kappa shape index (κ1) is 12.5. The second-order valence-corrected chi connectivity index (χ2v) is 4.39. The molecule has 1 aromatic carbocycles. The molecule has 94 valence electrons. The molecule has 0 atom stereocenters. The number of hydrogen-bond donors (Lipinski definition) is 1. The van der Waals surface area contributed by atoms with Gasteiger partial charge in [0.15, 0.2) is 0 Å². The molecule has 3 nitrogen and oxygen atoms in total. The number of nitrogens with two attached hydrogens (primary N) is 1. The minimum atomic E-state index is -0.205. The summed E-state index contributed by atoms with van der Waals surface area (Å²) in [7, 11) is 2.01. The van der Waals surface area contributed by atoms with Crippen LogP contribution in [0.2, 0.25) is 0 Å². The number of nitrogen functional groups attached to an aromatic ring is 1. The molecule has 0 fully saturated rings. The highest BCUT2D eigenvalue weighted by Crippen LogP contribution is 2.10. The van der Waals surface area contributed by atoms with Gasteiger partial charge in [-0.2, -0.15) is 0 Å². The van der Waals surface area contributed by atoms with Gasteiger partial charge in [-0.1, -0.05) is 12.1 Å². The molecule has 0 aliphatic carbocycles. The van der Waals surface area contributed by atoms with Crippen molar-refractivity contribution in [3.63, 3.8) is 0 Å². The van der Waals surface area contributed by atoms with Gasteiger partial charge in [0.1, 0.15) is 11.6 Å². The van der Waals surface area contributed by atoms with Crippen molar-refractivity contribution in [2.75, 3.05) is 12.8 Å². The topological polar surface area (TPSA) is 42.2 Å². The number of halogens is 1. The molecule has 0 amide bonds. The Kier molecular flexibility index (Phi) is 3.89. The molecule has 0 saturated carbocycles. The highest BCUT2D eigenvalue weighted by molar-refractivity contribution is 5.31. The van der Waals surface area contributed by atoms with E-state index in [1.807, 2.05) is 19.2 Å². The van der Waals surface area contributed by atoms with Gasteiger partial charge >= 0.3 is 0 Å². The van der Waals surface area contributed by atoms with Crippen molar-refractivity contribution in [2.45, 2.75) is 13.1 Å².